The lowest BCUT2D eigenvalue weighted by atomic mass is 9.99. The first-order chi connectivity index (χ1) is 15.5. The van der Waals surface area contributed by atoms with E-state index in [-0.39, 0.29) is 11.5 Å². The van der Waals surface area contributed by atoms with E-state index in [0.717, 1.165) is 25.9 Å². The van der Waals surface area contributed by atoms with Gasteiger partial charge in [-0.25, -0.2) is 9.78 Å². The van der Waals surface area contributed by atoms with Gasteiger partial charge in [-0.3, -0.25) is 4.79 Å². The molecule has 170 valence electrons. The molecule has 0 atom stereocenters. The average molecular weight is 439 g/mol. The Hall–Kier alpha value is -3.13. The van der Waals surface area contributed by atoms with Gasteiger partial charge in [-0.15, -0.1) is 0 Å². The highest BCUT2D eigenvalue weighted by molar-refractivity contribution is 6.05. The first-order valence-corrected chi connectivity index (χ1v) is 11.2. The zero-order valence-electron chi connectivity index (χ0n) is 18.4. The fraction of sp³-hybridized carbons (Fsp3) is 0.458. The number of carboxylic acids is 1. The maximum atomic E-state index is 12.5. The van der Waals surface area contributed by atoms with Crippen LogP contribution < -0.4 is 15.0 Å². The van der Waals surface area contributed by atoms with Crippen LogP contribution in [0.2, 0.25) is 0 Å². The fourth-order valence-corrected chi connectivity index (χ4v) is 4.61. The zero-order chi connectivity index (χ0) is 22.5. The molecule has 8 nitrogen and oxygen atoms in total. The number of carbonyl (C=O) groups is 2. The van der Waals surface area contributed by atoms with Gasteiger partial charge in [-0.05, 0) is 69.1 Å². The van der Waals surface area contributed by atoms with E-state index < -0.39 is 5.97 Å². The summed E-state index contributed by atoms with van der Waals surface area (Å²) >= 11 is 0. The maximum absolute atomic E-state index is 12.5. The summed E-state index contributed by atoms with van der Waals surface area (Å²) in [7, 11) is 1.56. The molecule has 4 rings (SSSR count). The number of carbonyl (C=O) groups excluding carboxylic acids is 1. The third-order valence-electron chi connectivity index (χ3n) is 6.38. The standard InChI is InChI=1S/C24H30N4O4/c1-32-20-7-5-17(6-8-20)23(29)26-18-15-21(24(30)31)22(25-16-18)28-13-9-19(10-14-28)27-11-3-2-4-12-27/h5-8,15-16,19H,2-4,9-14H2,1H3,(H,26,29)(H,30,31). The summed E-state index contributed by atoms with van der Waals surface area (Å²) in [6.07, 6.45) is 7.42. The SMILES string of the molecule is COc1ccc(C(=O)Nc2cnc(N3CCC(N4CCCCC4)CC3)c(C(=O)O)c2)cc1. The van der Waals surface area contributed by atoms with Gasteiger partial charge in [-0.2, -0.15) is 0 Å². The molecule has 0 saturated carbocycles. The Labute approximate surface area is 188 Å². The molecule has 0 radical (unpaired) electrons. The minimum atomic E-state index is -1.05. The van der Waals surface area contributed by atoms with Crippen molar-refractivity contribution in [2.75, 3.05) is 43.5 Å². The van der Waals surface area contributed by atoms with Crippen molar-refractivity contribution in [1.82, 2.24) is 9.88 Å². The smallest absolute Gasteiger partial charge is 0.339 e. The minimum absolute atomic E-state index is 0.106. The van der Waals surface area contributed by atoms with Crippen LogP contribution in [0, 0.1) is 0 Å². The number of anilines is 2. The van der Waals surface area contributed by atoms with E-state index in [4.69, 9.17) is 4.74 Å². The summed E-state index contributed by atoms with van der Waals surface area (Å²) in [6.45, 7) is 3.91. The fourth-order valence-electron chi connectivity index (χ4n) is 4.61. The summed E-state index contributed by atoms with van der Waals surface area (Å²) in [5, 5.41) is 12.5. The number of ether oxygens (including phenoxy) is 1. The predicted octanol–water partition coefficient (Wildman–Crippen LogP) is 3.50. The molecule has 2 fully saturated rings. The van der Waals surface area contributed by atoms with Crippen LogP contribution in [0.4, 0.5) is 11.5 Å². The van der Waals surface area contributed by atoms with Gasteiger partial charge in [0.25, 0.3) is 5.91 Å². The summed E-state index contributed by atoms with van der Waals surface area (Å²) in [6, 6.07) is 8.77. The van der Waals surface area contributed by atoms with Gasteiger partial charge >= 0.3 is 5.97 Å². The summed E-state index contributed by atoms with van der Waals surface area (Å²) in [5.74, 6) is -0.256. The van der Waals surface area contributed by atoms with E-state index in [1.807, 2.05) is 0 Å². The number of pyridine rings is 1. The van der Waals surface area contributed by atoms with Crippen molar-refractivity contribution < 1.29 is 19.4 Å². The number of nitrogens with one attached hydrogen (secondary N) is 1. The highest BCUT2D eigenvalue weighted by atomic mass is 16.5. The van der Waals surface area contributed by atoms with E-state index in [1.165, 1.54) is 44.6 Å². The number of piperidine rings is 2. The number of nitrogens with zero attached hydrogens (tertiary/aromatic N) is 3. The van der Waals surface area contributed by atoms with Crippen LogP contribution in [0.25, 0.3) is 0 Å². The van der Waals surface area contributed by atoms with Gasteiger partial charge in [0.1, 0.15) is 17.1 Å². The Morgan fingerprint density at radius 2 is 1.75 bits per heavy atom. The van der Waals surface area contributed by atoms with Crippen LogP contribution in [-0.2, 0) is 0 Å². The number of methoxy groups -OCH3 is 1. The number of hydrogen-bond donors (Lipinski definition) is 2. The molecule has 0 unspecified atom stereocenters. The quantitative estimate of drug-likeness (QED) is 0.713. The second-order valence-electron chi connectivity index (χ2n) is 8.40. The Bertz CT molecular complexity index is 949. The molecule has 32 heavy (non-hydrogen) atoms. The molecule has 0 aliphatic carbocycles. The van der Waals surface area contributed by atoms with E-state index >= 15 is 0 Å². The van der Waals surface area contributed by atoms with Crippen molar-refractivity contribution in [3.8, 4) is 5.75 Å². The number of aromatic carboxylic acids is 1. The van der Waals surface area contributed by atoms with Crippen LogP contribution in [0.5, 0.6) is 5.75 Å². The molecule has 2 aliphatic rings. The molecule has 0 spiro atoms. The Balaban J connectivity index is 1.43. The number of benzene rings is 1. The first-order valence-electron chi connectivity index (χ1n) is 11.2. The van der Waals surface area contributed by atoms with Crippen molar-refractivity contribution in [2.45, 2.75) is 38.1 Å². The van der Waals surface area contributed by atoms with Crippen LogP contribution in [0.3, 0.4) is 0 Å². The molecule has 2 aliphatic heterocycles. The molecule has 2 aromatic rings. The van der Waals surface area contributed by atoms with Gasteiger partial charge in [0.05, 0.1) is 19.0 Å². The van der Waals surface area contributed by atoms with E-state index in [1.54, 1.807) is 31.4 Å². The lowest BCUT2D eigenvalue weighted by molar-refractivity contribution is 0.0696. The topological polar surface area (TPSA) is 95.0 Å². The van der Waals surface area contributed by atoms with Crippen molar-refractivity contribution >= 4 is 23.4 Å². The molecule has 8 heteroatoms. The monoisotopic (exact) mass is 438 g/mol. The third kappa shape index (κ3) is 5.02. The summed E-state index contributed by atoms with van der Waals surface area (Å²) < 4.78 is 5.11. The molecule has 1 amide bonds. The van der Waals surface area contributed by atoms with Gasteiger partial charge in [0, 0.05) is 24.7 Å². The number of hydrogen-bond acceptors (Lipinski definition) is 6. The van der Waals surface area contributed by atoms with Crippen LogP contribution >= 0.6 is 0 Å². The second-order valence-corrected chi connectivity index (χ2v) is 8.40. The van der Waals surface area contributed by atoms with E-state index in [2.05, 4.69) is 20.1 Å². The van der Waals surface area contributed by atoms with Crippen molar-refractivity contribution in [2.24, 2.45) is 0 Å². The second kappa shape index (κ2) is 9.99. The molecular formula is C24H30N4O4. The lowest BCUT2D eigenvalue weighted by Crippen LogP contribution is -2.47. The van der Waals surface area contributed by atoms with Crippen LogP contribution in [0.15, 0.2) is 36.5 Å². The van der Waals surface area contributed by atoms with Gasteiger partial charge in [-0.1, -0.05) is 6.42 Å². The number of carboxylic acid groups (broad SMARTS) is 1. The highest BCUT2D eigenvalue weighted by Gasteiger charge is 2.28. The van der Waals surface area contributed by atoms with Crippen molar-refractivity contribution in [3.05, 3.63) is 47.7 Å². The predicted molar refractivity (Wildman–Crippen MR) is 123 cm³/mol. The normalized spacial score (nSPS) is 17.7. The third-order valence-corrected chi connectivity index (χ3v) is 6.38. The Morgan fingerprint density at radius 1 is 1.06 bits per heavy atom. The van der Waals surface area contributed by atoms with Crippen molar-refractivity contribution in [3.63, 3.8) is 0 Å². The highest BCUT2D eigenvalue weighted by Crippen LogP contribution is 2.27. The first kappa shape index (κ1) is 22.1. The largest absolute Gasteiger partial charge is 0.497 e. The molecular weight excluding hydrogens is 408 g/mol. The zero-order valence-corrected chi connectivity index (χ0v) is 18.4. The van der Waals surface area contributed by atoms with Crippen molar-refractivity contribution in [1.29, 1.82) is 0 Å². The molecule has 1 aromatic carbocycles. The summed E-state index contributed by atoms with van der Waals surface area (Å²) in [5.41, 5.74) is 0.913. The molecule has 2 N–H and O–H groups in total. The van der Waals surface area contributed by atoms with E-state index in [9.17, 15) is 14.7 Å². The molecule has 2 saturated heterocycles. The Kier molecular flexibility index (Phi) is 6.90. The number of likely N-dealkylation sites (tertiary alicyclic amines) is 1. The molecule has 0 bridgehead atoms. The number of amides is 1. The number of aromatic nitrogens is 1. The van der Waals surface area contributed by atoms with Gasteiger partial charge in [0.15, 0.2) is 0 Å². The minimum Gasteiger partial charge on any atom is -0.497 e. The molecule has 3 heterocycles. The van der Waals surface area contributed by atoms with E-state index in [0.29, 0.717) is 28.9 Å². The van der Waals surface area contributed by atoms with Crippen LogP contribution in [-0.4, -0.2) is 66.2 Å². The van der Waals surface area contributed by atoms with Gasteiger partial charge in [0.2, 0.25) is 0 Å². The summed E-state index contributed by atoms with van der Waals surface area (Å²) in [4.78, 5) is 33.6. The Morgan fingerprint density at radius 3 is 2.38 bits per heavy atom. The lowest BCUT2D eigenvalue weighted by Gasteiger charge is -2.40. The van der Waals surface area contributed by atoms with Gasteiger partial charge < -0.3 is 25.0 Å². The number of rotatable bonds is 6. The molecule has 1 aromatic heterocycles. The van der Waals surface area contributed by atoms with Crippen LogP contribution in [0.1, 0.15) is 52.8 Å². The average Bonchev–Trinajstić information content (AvgIpc) is 2.84. The maximum Gasteiger partial charge on any atom is 0.339 e.